The van der Waals surface area contributed by atoms with Crippen molar-refractivity contribution >= 4 is 0 Å². The summed E-state index contributed by atoms with van der Waals surface area (Å²) in [4.78, 5) is 11.0. The van der Waals surface area contributed by atoms with Crippen LogP contribution in [-0.4, -0.2) is 10.2 Å². The molecule has 1 aromatic heterocycles. The monoisotopic (exact) mass is 202 g/mol. The summed E-state index contributed by atoms with van der Waals surface area (Å²) in [6.07, 6.45) is 0. The Kier molecular flexibility index (Phi) is 2.46. The molecule has 0 saturated carbocycles. The summed E-state index contributed by atoms with van der Waals surface area (Å²) in [6, 6.07) is 9.78. The maximum atomic E-state index is 11.0. The third-order valence-corrected chi connectivity index (χ3v) is 2.48. The first-order valence-electron chi connectivity index (χ1n) is 5.05. The second-order valence-corrected chi connectivity index (χ2v) is 3.95. The van der Waals surface area contributed by atoms with Crippen LogP contribution in [-0.2, 0) is 0 Å². The standard InChI is InChI=1S/C12H14N2O/c1-8(2)9-3-5-10(6-4-9)11-7-12(15)14-13-11/h3-8H,1-2H3,(H2,13,14,15). The number of aromatic amines is 2. The van der Waals surface area contributed by atoms with Crippen LogP contribution >= 0.6 is 0 Å². The van der Waals surface area contributed by atoms with Gasteiger partial charge in [0.05, 0.1) is 5.69 Å². The quantitative estimate of drug-likeness (QED) is 0.772. The summed E-state index contributed by atoms with van der Waals surface area (Å²) in [5, 5.41) is 5.36. The molecular weight excluding hydrogens is 188 g/mol. The number of hydrogen-bond donors (Lipinski definition) is 2. The molecule has 1 heterocycles. The van der Waals surface area contributed by atoms with E-state index in [0.717, 1.165) is 11.3 Å². The van der Waals surface area contributed by atoms with Crippen LogP contribution in [0.5, 0.6) is 0 Å². The van der Waals surface area contributed by atoms with E-state index in [4.69, 9.17) is 0 Å². The third kappa shape index (κ3) is 2.01. The maximum Gasteiger partial charge on any atom is 0.264 e. The van der Waals surface area contributed by atoms with Crippen molar-refractivity contribution in [3.05, 3.63) is 46.2 Å². The van der Waals surface area contributed by atoms with E-state index in [0.29, 0.717) is 5.92 Å². The van der Waals surface area contributed by atoms with Crippen molar-refractivity contribution in [2.45, 2.75) is 19.8 Å². The van der Waals surface area contributed by atoms with Crippen LogP contribution in [0.4, 0.5) is 0 Å². The molecule has 0 aliphatic heterocycles. The highest BCUT2D eigenvalue weighted by Crippen LogP contribution is 2.19. The van der Waals surface area contributed by atoms with Crippen molar-refractivity contribution in [3.63, 3.8) is 0 Å². The number of H-pyrrole nitrogens is 2. The molecular formula is C12H14N2O. The van der Waals surface area contributed by atoms with Gasteiger partial charge in [-0.25, -0.2) is 0 Å². The lowest BCUT2D eigenvalue weighted by Crippen LogP contribution is -1.93. The summed E-state index contributed by atoms with van der Waals surface area (Å²) in [5.74, 6) is 0.532. The van der Waals surface area contributed by atoms with Crippen LogP contribution in [0.1, 0.15) is 25.3 Å². The topological polar surface area (TPSA) is 48.6 Å². The Hall–Kier alpha value is -1.77. The van der Waals surface area contributed by atoms with Crippen molar-refractivity contribution in [1.82, 2.24) is 10.2 Å². The minimum absolute atomic E-state index is 0.0991. The molecule has 0 spiro atoms. The molecule has 0 amide bonds. The second-order valence-electron chi connectivity index (χ2n) is 3.95. The molecule has 2 N–H and O–H groups in total. The number of aromatic nitrogens is 2. The highest BCUT2D eigenvalue weighted by atomic mass is 16.1. The molecule has 0 fully saturated rings. The van der Waals surface area contributed by atoms with Gasteiger partial charge in [0.2, 0.25) is 0 Å². The van der Waals surface area contributed by atoms with Crippen molar-refractivity contribution in [2.75, 3.05) is 0 Å². The van der Waals surface area contributed by atoms with Gasteiger partial charge in [-0.1, -0.05) is 38.1 Å². The van der Waals surface area contributed by atoms with Crippen LogP contribution in [0.25, 0.3) is 11.3 Å². The molecule has 2 aromatic rings. The normalized spacial score (nSPS) is 10.9. The first-order chi connectivity index (χ1) is 7.16. The van der Waals surface area contributed by atoms with E-state index < -0.39 is 0 Å². The Morgan fingerprint density at radius 1 is 1.07 bits per heavy atom. The molecule has 0 bridgehead atoms. The molecule has 0 aliphatic rings. The Morgan fingerprint density at radius 2 is 1.73 bits per heavy atom. The lowest BCUT2D eigenvalue weighted by atomic mass is 10.0. The Bertz CT molecular complexity index is 491. The Morgan fingerprint density at radius 3 is 2.20 bits per heavy atom. The van der Waals surface area contributed by atoms with Crippen LogP contribution < -0.4 is 5.56 Å². The fourth-order valence-electron chi connectivity index (χ4n) is 1.54. The first-order valence-corrected chi connectivity index (χ1v) is 5.05. The molecule has 15 heavy (non-hydrogen) atoms. The second kappa shape index (κ2) is 3.77. The minimum Gasteiger partial charge on any atom is -0.298 e. The van der Waals surface area contributed by atoms with Crippen LogP contribution in [0.15, 0.2) is 35.1 Å². The SMILES string of the molecule is CC(C)c1ccc(-c2cc(=O)[nH][nH]2)cc1. The van der Waals surface area contributed by atoms with Gasteiger partial charge in [-0.15, -0.1) is 0 Å². The Balaban J connectivity index is 2.35. The van der Waals surface area contributed by atoms with Gasteiger partial charge in [-0.2, -0.15) is 0 Å². The summed E-state index contributed by atoms with van der Waals surface area (Å²) in [5.41, 5.74) is 3.06. The average molecular weight is 202 g/mol. The van der Waals surface area contributed by atoms with Crippen molar-refractivity contribution < 1.29 is 0 Å². The predicted octanol–water partition coefficient (Wildman–Crippen LogP) is 2.49. The van der Waals surface area contributed by atoms with Gasteiger partial charge in [-0.3, -0.25) is 15.0 Å². The summed E-state index contributed by atoms with van der Waals surface area (Å²) in [6.45, 7) is 4.32. The lowest BCUT2D eigenvalue weighted by molar-refractivity contribution is 0.867. The zero-order valence-electron chi connectivity index (χ0n) is 8.87. The number of benzene rings is 1. The predicted molar refractivity (Wildman–Crippen MR) is 60.9 cm³/mol. The maximum absolute atomic E-state index is 11.0. The fraction of sp³-hybridized carbons (Fsp3) is 0.250. The van der Waals surface area contributed by atoms with Crippen LogP contribution in [0, 0.1) is 0 Å². The van der Waals surface area contributed by atoms with E-state index in [-0.39, 0.29) is 5.56 Å². The van der Waals surface area contributed by atoms with Crippen molar-refractivity contribution in [3.8, 4) is 11.3 Å². The number of nitrogens with one attached hydrogen (secondary N) is 2. The molecule has 0 unspecified atom stereocenters. The number of hydrogen-bond acceptors (Lipinski definition) is 1. The minimum atomic E-state index is -0.0991. The van der Waals surface area contributed by atoms with Gasteiger partial charge >= 0.3 is 0 Å². The van der Waals surface area contributed by atoms with Gasteiger partial charge in [0.1, 0.15) is 0 Å². The molecule has 3 nitrogen and oxygen atoms in total. The molecule has 2 rings (SSSR count). The first kappa shape index (κ1) is 9.77. The van der Waals surface area contributed by atoms with Gasteiger partial charge in [0.25, 0.3) is 5.56 Å². The zero-order chi connectivity index (χ0) is 10.8. The highest BCUT2D eigenvalue weighted by Gasteiger charge is 2.02. The van der Waals surface area contributed by atoms with Crippen molar-refractivity contribution in [1.29, 1.82) is 0 Å². The largest absolute Gasteiger partial charge is 0.298 e. The molecule has 0 radical (unpaired) electrons. The van der Waals surface area contributed by atoms with Crippen molar-refractivity contribution in [2.24, 2.45) is 0 Å². The molecule has 1 aromatic carbocycles. The Labute approximate surface area is 88.1 Å². The summed E-state index contributed by atoms with van der Waals surface area (Å²) >= 11 is 0. The van der Waals surface area contributed by atoms with Crippen LogP contribution in [0.3, 0.4) is 0 Å². The highest BCUT2D eigenvalue weighted by molar-refractivity contribution is 5.58. The van der Waals surface area contributed by atoms with Gasteiger partial charge in [0.15, 0.2) is 0 Å². The van der Waals surface area contributed by atoms with E-state index in [1.165, 1.54) is 5.56 Å². The average Bonchev–Trinajstić information content (AvgIpc) is 2.65. The van der Waals surface area contributed by atoms with E-state index >= 15 is 0 Å². The van der Waals surface area contributed by atoms with E-state index in [1.54, 1.807) is 6.07 Å². The smallest absolute Gasteiger partial charge is 0.264 e. The van der Waals surface area contributed by atoms with Crippen LogP contribution in [0.2, 0.25) is 0 Å². The van der Waals surface area contributed by atoms with Gasteiger partial charge < -0.3 is 0 Å². The molecule has 0 aliphatic carbocycles. The molecule has 0 atom stereocenters. The number of rotatable bonds is 2. The molecule has 78 valence electrons. The van der Waals surface area contributed by atoms with E-state index in [1.807, 2.05) is 12.1 Å². The van der Waals surface area contributed by atoms with E-state index in [9.17, 15) is 4.79 Å². The molecule has 0 saturated heterocycles. The summed E-state index contributed by atoms with van der Waals surface area (Å²) in [7, 11) is 0. The fourth-order valence-corrected chi connectivity index (χ4v) is 1.54. The van der Waals surface area contributed by atoms with Gasteiger partial charge in [-0.05, 0) is 17.0 Å². The summed E-state index contributed by atoms with van der Waals surface area (Å²) < 4.78 is 0. The van der Waals surface area contributed by atoms with E-state index in [2.05, 4.69) is 36.2 Å². The third-order valence-electron chi connectivity index (χ3n) is 2.48. The lowest BCUT2D eigenvalue weighted by Gasteiger charge is -2.05. The van der Waals surface area contributed by atoms with Gasteiger partial charge in [0, 0.05) is 6.07 Å². The zero-order valence-corrected chi connectivity index (χ0v) is 8.87. The molecule has 3 heteroatoms.